The number of benzene rings is 1. The Morgan fingerprint density at radius 1 is 1.23 bits per heavy atom. The van der Waals surface area contributed by atoms with E-state index in [0.29, 0.717) is 30.2 Å². The average Bonchev–Trinajstić information content (AvgIpc) is 2.69. The highest BCUT2D eigenvalue weighted by atomic mass is 16.5. The number of aliphatic hydroxyl groups is 1. The van der Waals surface area contributed by atoms with Crippen molar-refractivity contribution in [3.8, 4) is 23.4 Å². The molecule has 1 unspecified atom stereocenters. The standard InChI is InChI=1S/C19H23N3O4/c1-24-17-6-5-14(10-18(17)25-2)7-9-21-12-16(23)13-26-19-15(11-20)4-3-8-22-19/h3-6,8,10,16,21,23H,7,9,12-13H2,1-2H3. The molecule has 1 atom stereocenters. The van der Waals surface area contributed by atoms with Crippen molar-refractivity contribution in [1.29, 1.82) is 5.26 Å². The summed E-state index contributed by atoms with van der Waals surface area (Å²) in [7, 11) is 3.21. The molecule has 0 bridgehead atoms. The quantitative estimate of drug-likeness (QED) is 0.623. The van der Waals surface area contributed by atoms with Crippen molar-refractivity contribution in [3.63, 3.8) is 0 Å². The van der Waals surface area contributed by atoms with Crippen LogP contribution >= 0.6 is 0 Å². The van der Waals surface area contributed by atoms with Crippen molar-refractivity contribution in [2.45, 2.75) is 12.5 Å². The fraction of sp³-hybridized carbons (Fsp3) is 0.368. The molecule has 0 amide bonds. The molecule has 0 spiro atoms. The van der Waals surface area contributed by atoms with E-state index in [0.717, 1.165) is 12.0 Å². The molecule has 0 saturated heterocycles. The lowest BCUT2D eigenvalue weighted by Gasteiger charge is -2.14. The zero-order chi connectivity index (χ0) is 18.8. The largest absolute Gasteiger partial charge is 0.493 e. The van der Waals surface area contributed by atoms with Gasteiger partial charge in [0.05, 0.1) is 14.2 Å². The van der Waals surface area contributed by atoms with E-state index in [9.17, 15) is 5.11 Å². The summed E-state index contributed by atoms with van der Waals surface area (Å²) in [6, 6.07) is 11.1. The summed E-state index contributed by atoms with van der Waals surface area (Å²) in [5.41, 5.74) is 1.45. The molecule has 26 heavy (non-hydrogen) atoms. The number of aliphatic hydroxyl groups excluding tert-OH is 1. The molecule has 2 aromatic rings. The number of hydrogen-bond acceptors (Lipinski definition) is 7. The van der Waals surface area contributed by atoms with Gasteiger partial charge in [-0.15, -0.1) is 0 Å². The molecule has 7 nitrogen and oxygen atoms in total. The van der Waals surface area contributed by atoms with Crippen LogP contribution in [0, 0.1) is 11.3 Å². The fourth-order valence-electron chi connectivity index (χ4n) is 2.36. The Morgan fingerprint density at radius 3 is 2.77 bits per heavy atom. The molecule has 0 aliphatic carbocycles. The number of methoxy groups -OCH3 is 2. The summed E-state index contributed by atoms with van der Waals surface area (Å²) < 4.78 is 15.9. The van der Waals surface area contributed by atoms with Gasteiger partial charge in [-0.05, 0) is 42.8 Å². The number of pyridine rings is 1. The van der Waals surface area contributed by atoms with Gasteiger partial charge in [-0.3, -0.25) is 0 Å². The fourth-order valence-corrected chi connectivity index (χ4v) is 2.36. The molecular weight excluding hydrogens is 334 g/mol. The Bertz CT molecular complexity index is 746. The van der Waals surface area contributed by atoms with Gasteiger partial charge in [0.25, 0.3) is 0 Å². The highest BCUT2D eigenvalue weighted by Crippen LogP contribution is 2.27. The van der Waals surface area contributed by atoms with E-state index in [2.05, 4.69) is 10.3 Å². The van der Waals surface area contributed by atoms with E-state index < -0.39 is 6.10 Å². The van der Waals surface area contributed by atoms with Gasteiger partial charge in [0.1, 0.15) is 24.3 Å². The van der Waals surface area contributed by atoms with E-state index >= 15 is 0 Å². The summed E-state index contributed by atoms with van der Waals surface area (Å²) in [6.07, 6.45) is 1.63. The molecule has 1 aromatic carbocycles. The van der Waals surface area contributed by atoms with Crippen molar-refractivity contribution in [2.24, 2.45) is 0 Å². The third-order valence-corrected chi connectivity index (χ3v) is 3.72. The summed E-state index contributed by atoms with van der Waals surface area (Å²) in [6.45, 7) is 1.14. The maximum atomic E-state index is 9.99. The predicted octanol–water partition coefficient (Wildman–Crippen LogP) is 1.54. The Labute approximate surface area is 153 Å². The highest BCUT2D eigenvalue weighted by molar-refractivity contribution is 5.43. The highest BCUT2D eigenvalue weighted by Gasteiger charge is 2.09. The second-order valence-electron chi connectivity index (χ2n) is 5.58. The van der Waals surface area contributed by atoms with Gasteiger partial charge in [0.2, 0.25) is 5.88 Å². The molecule has 1 heterocycles. The molecule has 2 rings (SSSR count). The van der Waals surface area contributed by atoms with Crippen molar-refractivity contribution in [1.82, 2.24) is 10.3 Å². The van der Waals surface area contributed by atoms with E-state index in [1.54, 1.807) is 32.5 Å². The van der Waals surface area contributed by atoms with Crippen LogP contribution in [-0.2, 0) is 6.42 Å². The lowest BCUT2D eigenvalue weighted by atomic mass is 10.1. The van der Waals surface area contributed by atoms with Gasteiger partial charge in [-0.25, -0.2) is 4.98 Å². The van der Waals surface area contributed by atoms with Crippen LogP contribution in [0.3, 0.4) is 0 Å². The van der Waals surface area contributed by atoms with Crippen LogP contribution < -0.4 is 19.5 Å². The number of aromatic nitrogens is 1. The second kappa shape index (κ2) is 10.2. The summed E-state index contributed by atoms with van der Waals surface area (Å²) in [5.74, 6) is 1.63. The van der Waals surface area contributed by atoms with Gasteiger partial charge in [-0.2, -0.15) is 5.26 Å². The van der Waals surface area contributed by atoms with Crippen LogP contribution in [-0.4, -0.2) is 50.1 Å². The smallest absolute Gasteiger partial charge is 0.231 e. The van der Waals surface area contributed by atoms with Crippen LogP contribution in [0.2, 0.25) is 0 Å². The predicted molar refractivity (Wildman–Crippen MR) is 96.6 cm³/mol. The van der Waals surface area contributed by atoms with Crippen molar-refractivity contribution >= 4 is 0 Å². The van der Waals surface area contributed by atoms with E-state index in [-0.39, 0.29) is 12.5 Å². The minimum Gasteiger partial charge on any atom is -0.493 e. The molecule has 0 saturated carbocycles. The second-order valence-corrected chi connectivity index (χ2v) is 5.58. The van der Waals surface area contributed by atoms with E-state index in [4.69, 9.17) is 19.5 Å². The monoisotopic (exact) mass is 357 g/mol. The first-order chi connectivity index (χ1) is 12.7. The lowest BCUT2D eigenvalue weighted by Crippen LogP contribution is -2.32. The summed E-state index contributed by atoms with van der Waals surface area (Å²) in [5, 5.41) is 22.1. The molecular formula is C19H23N3O4. The molecule has 0 aliphatic heterocycles. The van der Waals surface area contributed by atoms with Crippen molar-refractivity contribution < 1.29 is 19.3 Å². The lowest BCUT2D eigenvalue weighted by molar-refractivity contribution is 0.104. The summed E-state index contributed by atoms with van der Waals surface area (Å²) in [4.78, 5) is 3.99. The summed E-state index contributed by atoms with van der Waals surface area (Å²) >= 11 is 0. The number of nitriles is 1. The molecule has 1 aromatic heterocycles. The molecule has 0 fully saturated rings. The number of ether oxygens (including phenoxy) is 3. The SMILES string of the molecule is COc1ccc(CCNCC(O)COc2ncccc2C#N)cc1OC. The topological polar surface area (TPSA) is 96.6 Å². The maximum Gasteiger partial charge on any atom is 0.231 e. The van der Waals surface area contributed by atoms with Crippen LogP contribution in [0.5, 0.6) is 17.4 Å². The molecule has 2 N–H and O–H groups in total. The van der Waals surface area contributed by atoms with Crippen LogP contribution in [0.4, 0.5) is 0 Å². The Morgan fingerprint density at radius 2 is 2.04 bits per heavy atom. The van der Waals surface area contributed by atoms with Crippen LogP contribution in [0.25, 0.3) is 0 Å². The van der Waals surface area contributed by atoms with Gasteiger partial charge < -0.3 is 24.6 Å². The van der Waals surface area contributed by atoms with E-state index in [1.807, 2.05) is 24.3 Å². The Balaban J connectivity index is 1.72. The zero-order valence-corrected chi connectivity index (χ0v) is 14.9. The average molecular weight is 357 g/mol. The van der Waals surface area contributed by atoms with Gasteiger partial charge in [0, 0.05) is 12.7 Å². The molecule has 0 radical (unpaired) electrons. The number of rotatable bonds is 10. The van der Waals surface area contributed by atoms with Gasteiger partial charge in [0.15, 0.2) is 11.5 Å². The number of hydrogen-bond donors (Lipinski definition) is 2. The maximum absolute atomic E-state index is 9.99. The first-order valence-electron chi connectivity index (χ1n) is 8.25. The molecule has 7 heteroatoms. The zero-order valence-electron chi connectivity index (χ0n) is 14.9. The number of nitrogens with zero attached hydrogens (tertiary/aromatic N) is 2. The number of nitrogens with one attached hydrogen (secondary N) is 1. The molecule has 138 valence electrons. The molecule has 0 aliphatic rings. The van der Waals surface area contributed by atoms with Crippen molar-refractivity contribution in [3.05, 3.63) is 47.7 Å². The minimum absolute atomic E-state index is 0.0645. The Hall–Kier alpha value is -2.82. The van der Waals surface area contributed by atoms with Crippen molar-refractivity contribution in [2.75, 3.05) is 33.9 Å². The van der Waals surface area contributed by atoms with Crippen LogP contribution in [0.1, 0.15) is 11.1 Å². The van der Waals surface area contributed by atoms with Gasteiger partial charge in [-0.1, -0.05) is 6.07 Å². The first-order valence-corrected chi connectivity index (χ1v) is 8.25. The third kappa shape index (κ3) is 5.62. The Kier molecular flexibility index (Phi) is 7.68. The minimum atomic E-state index is -0.700. The third-order valence-electron chi connectivity index (χ3n) is 3.72. The van der Waals surface area contributed by atoms with Gasteiger partial charge >= 0.3 is 0 Å². The normalized spacial score (nSPS) is 11.5. The van der Waals surface area contributed by atoms with E-state index in [1.165, 1.54) is 0 Å². The first kappa shape index (κ1) is 19.5. The van der Waals surface area contributed by atoms with Crippen LogP contribution in [0.15, 0.2) is 36.5 Å².